The van der Waals surface area contributed by atoms with Gasteiger partial charge in [0, 0.05) is 18.6 Å². The molecule has 18 heavy (non-hydrogen) atoms. The average Bonchev–Trinajstić information content (AvgIpc) is 3.15. The van der Waals surface area contributed by atoms with E-state index in [0.717, 1.165) is 12.5 Å². The lowest BCUT2D eigenvalue weighted by molar-refractivity contribution is 0.171. The second-order valence-corrected chi connectivity index (χ2v) is 6.35. The Balaban J connectivity index is 1.91. The number of rotatable bonds is 6. The highest BCUT2D eigenvalue weighted by Gasteiger charge is 2.30. The van der Waals surface area contributed by atoms with E-state index in [-0.39, 0.29) is 0 Å². The fourth-order valence-corrected chi connectivity index (χ4v) is 3.25. The van der Waals surface area contributed by atoms with Gasteiger partial charge in [0.2, 0.25) is 0 Å². The summed E-state index contributed by atoms with van der Waals surface area (Å²) in [6.45, 7) is 7.06. The van der Waals surface area contributed by atoms with E-state index in [2.05, 4.69) is 36.1 Å². The molecule has 2 atom stereocenters. The van der Waals surface area contributed by atoms with Crippen LogP contribution in [0.4, 0.5) is 0 Å². The van der Waals surface area contributed by atoms with Crippen LogP contribution in [-0.4, -0.2) is 62.2 Å². The van der Waals surface area contributed by atoms with Crippen LogP contribution in [0.2, 0.25) is 0 Å². The van der Waals surface area contributed by atoms with Crippen molar-refractivity contribution in [3.63, 3.8) is 0 Å². The lowest BCUT2D eigenvalue weighted by atomic mass is 9.99. The van der Waals surface area contributed by atoms with Crippen LogP contribution >= 0.6 is 0 Å². The molecule has 0 aromatic carbocycles. The SMILES string of the molecule is CCNC(CCC1CC1)C1CN(C)CCCN1C. The minimum absolute atomic E-state index is 0.682. The third-order valence-electron chi connectivity index (χ3n) is 4.63. The Hall–Kier alpha value is -0.120. The number of likely N-dealkylation sites (N-methyl/N-ethyl adjacent to an activating group) is 3. The smallest absolute Gasteiger partial charge is 0.0373 e. The van der Waals surface area contributed by atoms with Crippen LogP contribution in [0.25, 0.3) is 0 Å². The van der Waals surface area contributed by atoms with Gasteiger partial charge in [-0.3, -0.25) is 0 Å². The molecule has 106 valence electrons. The Morgan fingerprint density at radius 2 is 2.00 bits per heavy atom. The Morgan fingerprint density at radius 1 is 1.22 bits per heavy atom. The summed E-state index contributed by atoms with van der Waals surface area (Å²) in [4.78, 5) is 5.10. The molecule has 0 amide bonds. The number of hydrogen-bond acceptors (Lipinski definition) is 3. The van der Waals surface area contributed by atoms with Gasteiger partial charge >= 0.3 is 0 Å². The predicted octanol–water partition coefficient (Wildman–Crippen LogP) is 1.79. The predicted molar refractivity (Wildman–Crippen MR) is 78.0 cm³/mol. The minimum Gasteiger partial charge on any atom is -0.313 e. The highest BCUT2D eigenvalue weighted by molar-refractivity contribution is 4.89. The molecular weight excluding hydrogens is 222 g/mol. The van der Waals surface area contributed by atoms with Crippen molar-refractivity contribution in [3.05, 3.63) is 0 Å². The summed E-state index contributed by atoms with van der Waals surface area (Å²) < 4.78 is 0. The first-order chi connectivity index (χ1) is 8.70. The Labute approximate surface area is 113 Å². The highest BCUT2D eigenvalue weighted by atomic mass is 15.2. The third kappa shape index (κ3) is 4.22. The molecule has 3 nitrogen and oxygen atoms in total. The second kappa shape index (κ2) is 6.88. The van der Waals surface area contributed by atoms with Crippen LogP contribution in [-0.2, 0) is 0 Å². The fourth-order valence-electron chi connectivity index (χ4n) is 3.25. The zero-order valence-electron chi connectivity index (χ0n) is 12.5. The first-order valence-electron chi connectivity index (χ1n) is 7.83. The fraction of sp³-hybridized carbons (Fsp3) is 1.00. The highest BCUT2D eigenvalue weighted by Crippen LogP contribution is 2.34. The maximum Gasteiger partial charge on any atom is 0.0373 e. The maximum atomic E-state index is 3.75. The molecule has 1 aliphatic heterocycles. The molecule has 1 heterocycles. The van der Waals surface area contributed by atoms with Gasteiger partial charge in [-0.25, -0.2) is 0 Å². The molecule has 1 N–H and O–H groups in total. The normalized spacial score (nSPS) is 29.2. The van der Waals surface area contributed by atoms with Gasteiger partial charge in [-0.2, -0.15) is 0 Å². The van der Waals surface area contributed by atoms with E-state index in [1.54, 1.807) is 0 Å². The van der Waals surface area contributed by atoms with E-state index in [4.69, 9.17) is 0 Å². The van der Waals surface area contributed by atoms with E-state index in [1.165, 1.54) is 51.7 Å². The lowest BCUT2D eigenvalue weighted by Crippen LogP contribution is -2.52. The molecule has 2 rings (SSSR count). The summed E-state index contributed by atoms with van der Waals surface area (Å²) in [5.41, 5.74) is 0. The van der Waals surface area contributed by atoms with Crippen molar-refractivity contribution in [2.45, 2.75) is 51.1 Å². The van der Waals surface area contributed by atoms with Crippen LogP contribution < -0.4 is 5.32 Å². The van der Waals surface area contributed by atoms with Gasteiger partial charge in [0.05, 0.1) is 0 Å². The van der Waals surface area contributed by atoms with Crippen molar-refractivity contribution in [1.29, 1.82) is 0 Å². The summed E-state index contributed by atoms with van der Waals surface area (Å²) in [7, 11) is 4.58. The summed E-state index contributed by atoms with van der Waals surface area (Å²) in [6, 6.07) is 1.37. The topological polar surface area (TPSA) is 18.5 Å². The number of nitrogens with one attached hydrogen (secondary N) is 1. The van der Waals surface area contributed by atoms with Gasteiger partial charge in [0.25, 0.3) is 0 Å². The number of nitrogens with zero attached hydrogens (tertiary/aromatic N) is 2. The molecule has 2 aliphatic rings. The van der Waals surface area contributed by atoms with Crippen LogP contribution in [0.1, 0.15) is 39.0 Å². The van der Waals surface area contributed by atoms with E-state index >= 15 is 0 Å². The second-order valence-electron chi connectivity index (χ2n) is 6.35. The van der Waals surface area contributed by atoms with Gasteiger partial charge in [0.1, 0.15) is 0 Å². The molecular formula is C15H31N3. The van der Waals surface area contributed by atoms with Crippen molar-refractivity contribution in [2.24, 2.45) is 5.92 Å². The van der Waals surface area contributed by atoms with Crippen molar-refractivity contribution in [3.8, 4) is 0 Å². The number of hydrogen-bond donors (Lipinski definition) is 1. The molecule has 1 aliphatic carbocycles. The van der Waals surface area contributed by atoms with Crippen molar-refractivity contribution in [2.75, 3.05) is 40.3 Å². The molecule has 0 aromatic rings. The third-order valence-corrected chi connectivity index (χ3v) is 4.63. The van der Waals surface area contributed by atoms with Crippen LogP contribution in [0.5, 0.6) is 0 Å². The van der Waals surface area contributed by atoms with Gasteiger partial charge in [0.15, 0.2) is 0 Å². The Morgan fingerprint density at radius 3 is 2.67 bits per heavy atom. The van der Waals surface area contributed by atoms with E-state index in [1.807, 2.05) is 0 Å². The van der Waals surface area contributed by atoms with Crippen LogP contribution in [0, 0.1) is 5.92 Å². The largest absolute Gasteiger partial charge is 0.313 e. The zero-order valence-corrected chi connectivity index (χ0v) is 12.5. The molecule has 3 heteroatoms. The molecule has 1 saturated heterocycles. The first kappa shape index (κ1) is 14.3. The maximum absolute atomic E-state index is 3.75. The Bertz CT molecular complexity index is 240. The molecule has 1 saturated carbocycles. The molecule has 2 unspecified atom stereocenters. The molecule has 0 aromatic heterocycles. The summed E-state index contributed by atoms with van der Waals surface area (Å²) in [5.74, 6) is 1.06. The summed E-state index contributed by atoms with van der Waals surface area (Å²) in [6.07, 6.45) is 7.08. The molecule has 0 spiro atoms. The monoisotopic (exact) mass is 253 g/mol. The van der Waals surface area contributed by atoms with Gasteiger partial charge in [-0.05, 0) is 58.9 Å². The van der Waals surface area contributed by atoms with Crippen LogP contribution in [0.15, 0.2) is 0 Å². The molecule has 0 radical (unpaired) electrons. The van der Waals surface area contributed by atoms with E-state index in [9.17, 15) is 0 Å². The standard InChI is InChI=1S/C15H31N3/c1-4-16-14(9-8-13-6-7-13)15-12-17(2)10-5-11-18(15)3/h13-16H,4-12H2,1-3H3. The quantitative estimate of drug-likeness (QED) is 0.778. The minimum atomic E-state index is 0.682. The molecule has 0 bridgehead atoms. The zero-order chi connectivity index (χ0) is 13.0. The summed E-state index contributed by atoms with van der Waals surface area (Å²) in [5, 5.41) is 3.75. The summed E-state index contributed by atoms with van der Waals surface area (Å²) >= 11 is 0. The molecule has 2 fully saturated rings. The first-order valence-corrected chi connectivity index (χ1v) is 7.83. The van der Waals surface area contributed by atoms with Crippen molar-refractivity contribution >= 4 is 0 Å². The Kier molecular flexibility index (Phi) is 5.46. The van der Waals surface area contributed by atoms with Gasteiger partial charge in [-0.1, -0.05) is 19.8 Å². The lowest BCUT2D eigenvalue weighted by Gasteiger charge is -2.35. The van der Waals surface area contributed by atoms with Gasteiger partial charge < -0.3 is 15.1 Å². The van der Waals surface area contributed by atoms with Crippen LogP contribution in [0.3, 0.4) is 0 Å². The van der Waals surface area contributed by atoms with Crippen molar-refractivity contribution < 1.29 is 0 Å². The van der Waals surface area contributed by atoms with E-state index in [0.29, 0.717) is 12.1 Å². The van der Waals surface area contributed by atoms with Gasteiger partial charge in [-0.15, -0.1) is 0 Å². The van der Waals surface area contributed by atoms with Crippen molar-refractivity contribution in [1.82, 2.24) is 15.1 Å². The average molecular weight is 253 g/mol. The van der Waals surface area contributed by atoms with E-state index < -0.39 is 0 Å².